The highest BCUT2D eigenvalue weighted by atomic mass is 32.2. The minimum absolute atomic E-state index is 0.0971. The van der Waals surface area contributed by atoms with Crippen LogP contribution in [0.1, 0.15) is 38.8 Å². The Hall–Kier alpha value is -1.68. The van der Waals surface area contributed by atoms with Gasteiger partial charge in [0.05, 0.1) is 5.25 Å². The largest absolute Gasteiger partial charge is 0.357 e. The maximum atomic E-state index is 12.4. The molecule has 1 atom stereocenters. The fourth-order valence-corrected chi connectivity index (χ4v) is 4.40. The van der Waals surface area contributed by atoms with Crippen LogP contribution in [-0.4, -0.2) is 65.0 Å². The van der Waals surface area contributed by atoms with Crippen molar-refractivity contribution in [3.05, 3.63) is 11.6 Å². The zero-order valence-corrected chi connectivity index (χ0v) is 16.5. The Morgan fingerprint density at radius 3 is 2.68 bits per heavy atom. The van der Waals surface area contributed by atoms with Crippen molar-refractivity contribution in [2.45, 2.75) is 52.0 Å². The second-order valence-electron chi connectivity index (χ2n) is 6.57. The summed E-state index contributed by atoms with van der Waals surface area (Å²) < 4.78 is 29.3. The van der Waals surface area contributed by atoms with E-state index in [9.17, 15) is 8.42 Å². The summed E-state index contributed by atoms with van der Waals surface area (Å²) in [5.41, 5.74) is 0. The number of guanidine groups is 1. The van der Waals surface area contributed by atoms with Crippen molar-refractivity contribution in [2.75, 3.05) is 19.6 Å². The fraction of sp³-hybridized carbons (Fsp3) is 0.800. The van der Waals surface area contributed by atoms with E-state index in [-0.39, 0.29) is 6.04 Å². The minimum Gasteiger partial charge on any atom is -0.357 e. The quantitative estimate of drug-likeness (QED) is 0.538. The van der Waals surface area contributed by atoms with E-state index < -0.39 is 15.3 Å². The van der Waals surface area contributed by atoms with Crippen LogP contribution < -0.4 is 10.0 Å². The summed E-state index contributed by atoms with van der Waals surface area (Å²) in [7, 11) is -1.41. The van der Waals surface area contributed by atoms with Gasteiger partial charge in [0, 0.05) is 32.7 Å². The highest BCUT2D eigenvalue weighted by molar-refractivity contribution is 7.90. The smallest absolute Gasteiger partial charge is 0.216 e. The molecule has 2 rings (SSSR count). The first-order valence-electron chi connectivity index (χ1n) is 8.63. The molecule has 142 valence electrons. The van der Waals surface area contributed by atoms with E-state index in [2.05, 4.69) is 25.2 Å². The van der Waals surface area contributed by atoms with Crippen molar-refractivity contribution in [3.63, 3.8) is 0 Å². The first-order chi connectivity index (χ1) is 11.7. The molecule has 0 aromatic carbocycles. The number of aromatic nitrogens is 3. The summed E-state index contributed by atoms with van der Waals surface area (Å²) in [4.78, 5) is 6.61. The number of rotatable bonds is 6. The molecular formula is C15H29N7O2S. The van der Waals surface area contributed by atoms with Crippen molar-refractivity contribution < 1.29 is 8.42 Å². The second kappa shape index (κ2) is 8.13. The van der Waals surface area contributed by atoms with Gasteiger partial charge in [0.1, 0.15) is 12.4 Å². The van der Waals surface area contributed by atoms with Crippen molar-refractivity contribution in [2.24, 2.45) is 12.0 Å². The van der Waals surface area contributed by atoms with Crippen LogP contribution in [0.5, 0.6) is 0 Å². The van der Waals surface area contributed by atoms with Gasteiger partial charge in [-0.2, -0.15) is 0 Å². The van der Waals surface area contributed by atoms with E-state index >= 15 is 0 Å². The number of hydrogen-bond acceptors (Lipinski definition) is 5. The highest BCUT2D eigenvalue weighted by Gasteiger charge is 2.34. The van der Waals surface area contributed by atoms with Crippen LogP contribution in [0.4, 0.5) is 0 Å². The third-order valence-electron chi connectivity index (χ3n) is 4.17. The fourth-order valence-electron chi connectivity index (χ4n) is 2.76. The van der Waals surface area contributed by atoms with Crippen molar-refractivity contribution >= 4 is 16.0 Å². The summed E-state index contributed by atoms with van der Waals surface area (Å²) >= 11 is 0. The summed E-state index contributed by atoms with van der Waals surface area (Å²) in [6.07, 6.45) is 0.593. The van der Waals surface area contributed by atoms with E-state index in [1.165, 1.54) is 0 Å². The van der Waals surface area contributed by atoms with Crippen molar-refractivity contribution in [3.8, 4) is 0 Å². The average Bonchev–Trinajstić information content (AvgIpc) is 3.12. The first kappa shape index (κ1) is 19.6. The van der Waals surface area contributed by atoms with Crippen LogP contribution in [0.3, 0.4) is 0 Å². The molecule has 2 heterocycles. The molecule has 0 radical (unpaired) electrons. The second-order valence-corrected chi connectivity index (χ2v) is 8.56. The average molecular weight is 372 g/mol. The van der Waals surface area contributed by atoms with Gasteiger partial charge in [0.15, 0.2) is 11.8 Å². The molecule has 2 N–H and O–H groups in total. The maximum Gasteiger partial charge on any atom is 0.216 e. The Morgan fingerprint density at radius 2 is 2.12 bits per heavy atom. The van der Waals surface area contributed by atoms with Gasteiger partial charge in [-0.05, 0) is 34.1 Å². The molecule has 1 aliphatic rings. The van der Waals surface area contributed by atoms with Crippen LogP contribution in [0, 0.1) is 6.92 Å². The number of hydrogen-bond donors (Lipinski definition) is 2. The molecule has 1 aromatic heterocycles. The van der Waals surface area contributed by atoms with Gasteiger partial charge >= 0.3 is 0 Å². The molecule has 0 amide bonds. The number of likely N-dealkylation sites (tertiary alicyclic amines) is 1. The number of aryl methyl sites for hydroxylation is 1. The molecule has 0 spiro atoms. The molecule has 25 heavy (non-hydrogen) atoms. The number of sulfonamides is 1. The SMILES string of the molecule is CCNC(=NCc1nnc(C)n1C)N1CCC(S(=O)(=O)NC(C)C)C1. The molecular weight excluding hydrogens is 342 g/mol. The van der Waals surface area contributed by atoms with Crippen LogP contribution in [0.2, 0.25) is 0 Å². The van der Waals surface area contributed by atoms with E-state index in [1.807, 2.05) is 44.2 Å². The zero-order valence-electron chi connectivity index (χ0n) is 15.7. The third-order valence-corrected chi connectivity index (χ3v) is 6.23. The Bertz CT molecular complexity index is 711. The summed E-state index contributed by atoms with van der Waals surface area (Å²) in [5.74, 6) is 2.32. The highest BCUT2D eigenvalue weighted by Crippen LogP contribution is 2.17. The zero-order chi connectivity index (χ0) is 18.6. The molecule has 0 saturated carbocycles. The van der Waals surface area contributed by atoms with Gasteiger partial charge in [0.2, 0.25) is 10.0 Å². The summed E-state index contributed by atoms with van der Waals surface area (Å²) in [5, 5.41) is 11.0. The standard InChI is InChI=1S/C15H29N7O2S/c1-6-16-15(17-9-14-19-18-12(4)21(14)5)22-8-7-13(10-22)25(23,24)20-11(2)3/h11,13,20H,6-10H2,1-5H3,(H,16,17). The molecule has 1 unspecified atom stereocenters. The van der Waals surface area contributed by atoms with Crippen molar-refractivity contribution in [1.82, 2.24) is 29.7 Å². The van der Waals surface area contributed by atoms with E-state index in [0.29, 0.717) is 32.0 Å². The van der Waals surface area contributed by atoms with Gasteiger partial charge in [-0.1, -0.05) is 0 Å². The lowest BCUT2D eigenvalue weighted by Gasteiger charge is -2.22. The Morgan fingerprint density at radius 1 is 1.40 bits per heavy atom. The molecule has 10 heteroatoms. The summed E-state index contributed by atoms with van der Waals surface area (Å²) in [6, 6.07) is -0.0971. The molecule has 1 aliphatic heterocycles. The monoisotopic (exact) mass is 371 g/mol. The molecule has 0 bridgehead atoms. The van der Waals surface area contributed by atoms with Gasteiger partial charge in [-0.25, -0.2) is 18.1 Å². The lowest BCUT2D eigenvalue weighted by Crippen LogP contribution is -2.43. The normalized spacial score (nSPS) is 19.0. The predicted molar refractivity (Wildman–Crippen MR) is 97.7 cm³/mol. The van der Waals surface area contributed by atoms with Gasteiger partial charge in [-0.15, -0.1) is 10.2 Å². The number of aliphatic imine (C=N–C) groups is 1. The minimum atomic E-state index is -3.31. The number of nitrogens with zero attached hydrogens (tertiary/aromatic N) is 5. The molecule has 9 nitrogen and oxygen atoms in total. The maximum absolute atomic E-state index is 12.4. The van der Waals surface area contributed by atoms with E-state index in [4.69, 9.17) is 0 Å². The van der Waals surface area contributed by atoms with Gasteiger partial charge in [-0.3, -0.25) is 0 Å². The number of nitrogens with one attached hydrogen (secondary N) is 2. The molecule has 1 fully saturated rings. The first-order valence-corrected chi connectivity index (χ1v) is 10.2. The summed E-state index contributed by atoms with van der Waals surface area (Å²) in [6.45, 7) is 9.76. The van der Waals surface area contributed by atoms with E-state index in [1.54, 1.807) is 0 Å². The van der Waals surface area contributed by atoms with Gasteiger partial charge < -0.3 is 14.8 Å². The molecule has 1 aromatic rings. The van der Waals surface area contributed by atoms with Crippen molar-refractivity contribution in [1.29, 1.82) is 0 Å². The predicted octanol–water partition coefficient (Wildman–Crippen LogP) is -0.00888. The van der Waals surface area contributed by atoms with E-state index in [0.717, 1.165) is 18.2 Å². The van der Waals surface area contributed by atoms with Crippen LogP contribution in [0.25, 0.3) is 0 Å². The molecule has 0 aliphatic carbocycles. The third kappa shape index (κ3) is 4.91. The van der Waals surface area contributed by atoms with Gasteiger partial charge in [0.25, 0.3) is 0 Å². The van der Waals surface area contributed by atoms with Crippen LogP contribution in [-0.2, 0) is 23.6 Å². The molecule has 1 saturated heterocycles. The van der Waals surface area contributed by atoms with Crippen LogP contribution in [0.15, 0.2) is 4.99 Å². The Kier molecular flexibility index (Phi) is 6.39. The lowest BCUT2D eigenvalue weighted by molar-refractivity contribution is 0.489. The lowest BCUT2D eigenvalue weighted by atomic mass is 10.4. The Labute approximate surface area is 150 Å². The Balaban J connectivity index is 2.08. The van der Waals surface area contributed by atoms with Crippen LogP contribution >= 0.6 is 0 Å². The topological polar surface area (TPSA) is 105 Å².